The van der Waals surface area contributed by atoms with Crippen molar-refractivity contribution < 1.29 is 24.1 Å². The second-order valence-electron chi connectivity index (χ2n) is 7.18. The van der Waals surface area contributed by atoms with Gasteiger partial charge in [0.25, 0.3) is 5.91 Å². The number of morpholine rings is 1. The standard InChI is InChI=1S/C19H31NO5/c1-2-24-19-15(7-4-10-21)16(14-5-3-6-14)13-17(25-19)18(22)20-8-11-23-12-9-20/h13-16,19,21H,2-12H2,1H3/t15-,16+,19+/m1/s1. The Kier molecular flexibility index (Phi) is 6.73. The molecule has 3 atom stereocenters. The SMILES string of the molecule is CCO[C@H]1OC(C(=O)N2CCOCC2)=C[C@@H](C2CCC2)[C@H]1CCCO. The summed E-state index contributed by atoms with van der Waals surface area (Å²) in [6.07, 6.45) is 6.92. The number of hydrogen-bond acceptors (Lipinski definition) is 5. The number of nitrogens with zero attached hydrogens (tertiary/aromatic N) is 1. The minimum Gasteiger partial charge on any atom is -0.459 e. The molecule has 0 spiro atoms. The van der Waals surface area contributed by atoms with Crippen molar-refractivity contribution >= 4 is 5.91 Å². The Morgan fingerprint density at radius 1 is 1.36 bits per heavy atom. The molecule has 2 heterocycles. The molecule has 0 aromatic rings. The van der Waals surface area contributed by atoms with Crippen molar-refractivity contribution in [2.24, 2.45) is 17.8 Å². The average Bonchev–Trinajstić information content (AvgIpc) is 2.60. The number of carbonyl (C=O) groups excluding carboxylic acids is 1. The van der Waals surface area contributed by atoms with Crippen molar-refractivity contribution in [3.8, 4) is 0 Å². The van der Waals surface area contributed by atoms with E-state index in [-0.39, 0.29) is 18.4 Å². The number of amides is 1. The summed E-state index contributed by atoms with van der Waals surface area (Å²) in [6.45, 7) is 5.07. The number of rotatable bonds is 7. The summed E-state index contributed by atoms with van der Waals surface area (Å²) in [5.74, 6) is 1.50. The Balaban J connectivity index is 1.79. The van der Waals surface area contributed by atoms with Crippen LogP contribution < -0.4 is 0 Å². The number of carbonyl (C=O) groups is 1. The summed E-state index contributed by atoms with van der Waals surface area (Å²) < 4.78 is 17.2. The van der Waals surface area contributed by atoms with Crippen LogP contribution in [0.3, 0.4) is 0 Å². The molecule has 3 aliphatic rings. The van der Waals surface area contributed by atoms with Gasteiger partial charge in [0.05, 0.1) is 13.2 Å². The van der Waals surface area contributed by atoms with Gasteiger partial charge in [0.2, 0.25) is 6.29 Å². The van der Waals surface area contributed by atoms with Crippen LogP contribution in [0.4, 0.5) is 0 Å². The number of aliphatic hydroxyl groups is 1. The van der Waals surface area contributed by atoms with E-state index in [0.29, 0.717) is 50.5 Å². The van der Waals surface area contributed by atoms with E-state index >= 15 is 0 Å². The van der Waals surface area contributed by atoms with Gasteiger partial charge in [-0.25, -0.2) is 0 Å². The van der Waals surface area contributed by atoms with E-state index in [4.69, 9.17) is 14.2 Å². The van der Waals surface area contributed by atoms with Crippen LogP contribution in [0, 0.1) is 17.8 Å². The van der Waals surface area contributed by atoms with Crippen LogP contribution in [0.2, 0.25) is 0 Å². The number of hydrogen-bond donors (Lipinski definition) is 1. The number of ether oxygens (including phenoxy) is 3. The van der Waals surface area contributed by atoms with Crippen molar-refractivity contribution in [3.63, 3.8) is 0 Å². The molecule has 25 heavy (non-hydrogen) atoms. The van der Waals surface area contributed by atoms with E-state index < -0.39 is 6.29 Å². The fourth-order valence-electron chi connectivity index (χ4n) is 4.06. The third kappa shape index (κ3) is 4.36. The van der Waals surface area contributed by atoms with E-state index in [1.54, 1.807) is 0 Å². The monoisotopic (exact) mass is 353 g/mol. The fourth-order valence-corrected chi connectivity index (χ4v) is 4.06. The maximum Gasteiger partial charge on any atom is 0.288 e. The first kappa shape index (κ1) is 18.7. The Hall–Kier alpha value is -1.11. The Morgan fingerprint density at radius 2 is 2.12 bits per heavy atom. The normalized spacial score (nSPS) is 30.4. The number of aliphatic hydroxyl groups excluding tert-OH is 1. The quantitative estimate of drug-likeness (QED) is 0.757. The first-order valence-electron chi connectivity index (χ1n) is 9.72. The highest BCUT2D eigenvalue weighted by Gasteiger charge is 2.42. The summed E-state index contributed by atoms with van der Waals surface area (Å²) in [5, 5.41) is 9.25. The molecule has 3 rings (SSSR count). The van der Waals surface area contributed by atoms with E-state index in [0.717, 1.165) is 12.8 Å². The third-order valence-corrected chi connectivity index (χ3v) is 5.66. The molecule has 6 heteroatoms. The topological polar surface area (TPSA) is 68.2 Å². The van der Waals surface area contributed by atoms with Crippen LogP contribution >= 0.6 is 0 Å². The predicted molar refractivity (Wildman–Crippen MR) is 92.6 cm³/mol. The minimum absolute atomic E-state index is 0.0436. The van der Waals surface area contributed by atoms with Crippen molar-refractivity contribution in [1.29, 1.82) is 0 Å². The van der Waals surface area contributed by atoms with Crippen LogP contribution in [0.15, 0.2) is 11.8 Å². The molecular weight excluding hydrogens is 322 g/mol. The smallest absolute Gasteiger partial charge is 0.288 e. The molecule has 1 N–H and O–H groups in total. The van der Waals surface area contributed by atoms with Crippen LogP contribution in [0.5, 0.6) is 0 Å². The lowest BCUT2D eigenvalue weighted by atomic mass is 9.68. The lowest BCUT2D eigenvalue weighted by molar-refractivity contribution is -0.182. The van der Waals surface area contributed by atoms with Gasteiger partial charge < -0.3 is 24.2 Å². The van der Waals surface area contributed by atoms with Gasteiger partial charge in [0.15, 0.2) is 5.76 Å². The van der Waals surface area contributed by atoms with Gasteiger partial charge in [0, 0.05) is 32.2 Å². The van der Waals surface area contributed by atoms with Crippen molar-refractivity contribution in [3.05, 3.63) is 11.8 Å². The molecule has 0 bridgehead atoms. The van der Waals surface area contributed by atoms with Gasteiger partial charge in [0.1, 0.15) is 0 Å². The van der Waals surface area contributed by atoms with E-state index in [1.165, 1.54) is 19.3 Å². The van der Waals surface area contributed by atoms with Crippen molar-refractivity contribution in [2.45, 2.75) is 45.3 Å². The van der Waals surface area contributed by atoms with Crippen molar-refractivity contribution in [2.75, 3.05) is 39.5 Å². The van der Waals surface area contributed by atoms with E-state index in [9.17, 15) is 9.90 Å². The molecule has 142 valence electrons. The summed E-state index contributed by atoms with van der Waals surface area (Å²) in [5.41, 5.74) is 0. The lowest BCUT2D eigenvalue weighted by Crippen LogP contribution is -2.46. The molecule has 2 fully saturated rings. The van der Waals surface area contributed by atoms with Gasteiger partial charge in [-0.1, -0.05) is 6.42 Å². The lowest BCUT2D eigenvalue weighted by Gasteiger charge is -2.43. The largest absolute Gasteiger partial charge is 0.459 e. The van der Waals surface area contributed by atoms with Gasteiger partial charge in [-0.05, 0) is 50.5 Å². The molecule has 1 aliphatic carbocycles. The molecule has 6 nitrogen and oxygen atoms in total. The zero-order valence-electron chi connectivity index (χ0n) is 15.2. The molecule has 1 saturated carbocycles. The third-order valence-electron chi connectivity index (χ3n) is 5.66. The van der Waals surface area contributed by atoms with Crippen LogP contribution in [0.25, 0.3) is 0 Å². The molecule has 2 aliphatic heterocycles. The molecule has 1 saturated heterocycles. The Bertz CT molecular complexity index is 470. The second kappa shape index (κ2) is 9.01. The Morgan fingerprint density at radius 3 is 2.72 bits per heavy atom. The second-order valence-corrected chi connectivity index (χ2v) is 7.18. The minimum atomic E-state index is -0.396. The summed E-state index contributed by atoms with van der Waals surface area (Å²) in [7, 11) is 0. The first-order valence-corrected chi connectivity index (χ1v) is 9.72. The maximum absolute atomic E-state index is 12.9. The summed E-state index contributed by atoms with van der Waals surface area (Å²) in [4.78, 5) is 14.7. The van der Waals surface area contributed by atoms with E-state index in [2.05, 4.69) is 6.08 Å². The van der Waals surface area contributed by atoms with Gasteiger partial charge >= 0.3 is 0 Å². The molecule has 0 aromatic heterocycles. The highest BCUT2D eigenvalue weighted by molar-refractivity contribution is 5.91. The molecule has 0 radical (unpaired) electrons. The summed E-state index contributed by atoms with van der Waals surface area (Å²) in [6, 6.07) is 0. The van der Waals surface area contributed by atoms with E-state index in [1.807, 2.05) is 11.8 Å². The van der Waals surface area contributed by atoms with Gasteiger partial charge in [-0.3, -0.25) is 4.79 Å². The first-order chi connectivity index (χ1) is 12.2. The maximum atomic E-state index is 12.9. The predicted octanol–water partition coefficient (Wildman–Crippen LogP) is 1.93. The molecule has 0 unspecified atom stereocenters. The van der Waals surface area contributed by atoms with Gasteiger partial charge in [-0.2, -0.15) is 0 Å². The zero-order valence-corrected chi connectivity index (χ0v) is 15.2. The van der Waals surface area contributed by atoms with Gasteiger partial charge in [-0.15, -0.1) is 0 Å². The highest BCUT2D eigenvalue weighted by Crippen LogP contribution is 2.44. The van der Waals surface area contributed by atoms with Crippen LogP contribution in [-0.2, 0) is 19.0 Å². The Labute approximate surface area is 150 Å². The average molecular weight is 353 g/mol. The van der Waals surface area contributed by atoms with Crippen molar-refractivity contribution in [1.82, 2.24) is 4.90 Å². The highest BCUT2D eigenvalue weighted by atomic mass is 16.7. The molecule has 1 amide bonds. The molecule has 0 aromatic carbocycles. The van der Waals surface area contributed by atoms with Crippen LogP contribution in [0.1, 0.15) is 39.0 Å². The number of allylic oxidation sites excluding steroid dienone is 1. The molecular formula is C19H31NO5. The summed E-state index contributed by atoms with van der Waals surface area (Å²) >= 11 is 0. The zero-order chi connectivity index (χ0) is 17.6. The fraction of sp³-hybridized carbons (Fsp3) is 0.842. The van der Waals surface area contributed by atoms with Crippen LogP contribution in [-0.4, -0.2) is 61.7 Å².